The summed E-state index contributed by atoms with van der Waals surface area (Å²) in [6.45, 7) is 3.91. The summed E-state index contributed by atoms with van der Waals surface area (Å²) in [5, 5.41) is 6.11. The van der Waals surface area contributed by atoms with Crippen LogP contribution in [0.5, 0.6) is 0 Å². The van der Waals surface area contributed by atoms with Crippen LogP contribution in [0.1, 0.15) is 28.5 Å². The third-order valence-corrected chi connectivity index (χ3v) is 3.92. The number of hydrogen-bond acceptors (Lipinski definition) is 4. The molecule has 0 spiro atoms. The number of hydrogen-bond donors (Lipinski definition) is 2. The molecule has 0 bridgehead atoms. The van der Waals surface area contributed by atoms with Gasteiger partial charge in [-0.3, -0.25) is 4.79 Å². The number of halogens is 1. The van der Waals surface area contributed by atoms with E-state index in [1.807, 2.05) is 38.1 Å². The largest absolute Gasteiger partial charge is 0.340 e. The second-order valence-corrected chi connectivity index (χ2v) is 5.86. The second kappa shape index (κ2) is 7.74. The Kier molecular flexibility index (Phi) is 5.22. The second-order valence-electron chi connectivity index (χ2n) is 5.86. The summed E-state index contributed by atoms with van der Waals surface area (Å²) in [6.07, 6.45) is 2.27. The molecule has 0 fully saturated rings. The molecule has 1 amide bonds. The SMILES string of the molecule is CCc1ccc(Nc2cc(C)ncn2)cc1NC(=O)c1ccc(F)cc1. The van der Waals surface area contributed by atoms with Gasteiger partial charge >= 0.3 is 0 Å². The van der Waals surface area contributed by atoms with E-state index in [2.05, 4.69) is 20.6 Å². The van der Waals surface area contributed by atoms with E-state index >= 15 is 0 Å². The van der Waals surface area contributed by atoms with Crippen molar-refractivity contribution in [1.29, 1.82) is 0 Å². The number of benzene rings is 2. The molecule has 1 heterocycles. The Morgan fingerprint density at radius 3 is 2.54 bits per heavy atom. The lowest BCUT2D eigenvalue weighted by atomic mass is 10.1. The average Bonchev–Trinajstić information content (AvgIpc) is 2.62. The summed E-state index contributed by atoms with van der Waals surface area (Å²) in [5.74, 6) is 0.0226. The lowest BCUT2D eigenvalue weighted by Gasteiger charge is -2.13. The maximum Gasteiger partial charge on any atom is 0.255 e. The Morgan fingerprint density at radius 1 is 1.08 bits per heavy atom. The minimum atomic E-state index is -0.373. The summed E-state index contributed by atoms with van der Waals surface area (Å²) >= 11 is 0. The monoisotopic (exact) mass is 350 g/mol. The van der Waals surface area contributed by atoms with Crippen LogP contribution in [0.3, 0.4) is 0 Å². The summed E-state index contributed by atoms with van der Waals surface area (Å²) in [7, 11) is 0. The van der Waals surface area contributed by atoms with Gasteiger partial charge in [0.25, 0.3) is 5.91 Å². The highest BCUT2D eigenvalue weighted by molar-refractivity contribution is 6.04. The number of rotatable bonds is 5. The molecule has 5 nitrogen and oxygen atoms in total. The number of nitrogens with one attached hydrogen (secondary N) is 2. The van der Waals surface area contributed by atoms with Crippen molar-refractivity contribution in [2.45, 2.75) is 20.3 Å². The predicted molar refractivity (Wildman–Crippen MR) is 100 cm³/mol. The molecule has 3 aromatic rings. The third kappa shape index (κ3) is 4.22. The first-order valence-electron chi connectivity index (χ1n) is 8.30. The minimum Gasteiger partial charge on any atom is -0.340 e. The zero-order valence-corrected chi connectivity index (χ0v) is 14.6. The number of anilines is 3. The Bertz CT molecular complexity index is 925. The van der Waals surface area contributed by atoms with E-state index in [9.17, 15) is 9.18 Å². The summed E-state index contributed by atoms with van der Waals surface area (Å²) < 4.78 is 13.0. The van der Waals surface area contributed by atoms with Crippen LogP contribution in [0.2, 0.25) is 0 Å². The standard InChI is InChI=1S/C20H19FN4O/c1-3-14-6-9-17(24-19-10-13(2)22-12-23-19)11-18(14)25-20(26)15-4-7-16(21)8-5-15/h4-12H,3H2,1-2H3,(H,25,26)(H,22,23,24). The molecule has 2 N–H and O–H groups in total. The molecule has 0 saturated carbocycles. The van der Waals surface area contributed by atoms with Gasteiger partial charge in [0, 0.05) is 28.7 Å². The maximum atomic E-state index is 13.0. The highest BCUT2D eigenvalue weighted by Crippen LogP contribution is 2.24. The van der Waals surface area contributed by atoms with Crippen molar-refractivity contribution in [3.8, 4) is 0 Å². The Hall–Kier alpha value is -3.28. The lowest BCUT2D eigenvalue weighted by molar-refractivity contribution is 0.102. The van der Waals surface area contributed by atoms with Crippen molar-refractivity contribution in [1.82, 2.24) is 9.97 Å². The molecule has 0 aliphatic heterocycles. The summed E-state index contributed by atoms with van der Waals surface area (Å²) in [6, 6.07) is 13.0. The van der Waals surface area contributed by atoms with Gasteiger partial charge in [0.05, 0.1) is 0 Å². The number of carbonyl (C=O) groups is 1. The van der Waals surface area contributed by atoms with E-state index < -0.39 is 0 Å². The van der Waals surface area contributed by atoms with E-state index in [1.54, 1.807) is 0 Å². The fourth-order valence-electron chi connectivity index (χ4n) is 2.55. The molecule has 2 aromatic carbocycles. The molecule has 0 saturated heterocycles. The van der Waals surface area contributed by atoms with Gasteiger partial charge in [0.2, 0.25) is 0 Å². The van der Waals surface area contributed by atoms with Crippen molar-refractivity contribution >= 4 is 23.1 Å². The Morgan fingerprint density at radius 2 is 1.85 bits per heavy atom. The number of aromatic nitrogens is 2. The maximum absolute atomic E-state index is 13.0. The molecule has 3 rings (SSSR count). The zero-order chi connectivity index (χ0) is 18.5. The summed E-state index contributed by atoms with van der Waals surface area (Å²) in [4.78, 5) is 20.7. The average molecular weight is 350 g/mol. The highest BCUT2D eigenvalue weighted by atomic mass is 19.1. The number of aryl methyl sites for hydroxylation is 2. The quantitative estimate of drug-likeness (QED) is 0.712. The van der Waals surface area contributed by atoms with Crippen molar-refractivity contribution < 1.29 is 9.18 Å². The van der Waals surface area contributed by atoms with E-state index in [4.69, 9.17) is 0 Å². The molecule has 0 aliphatic carbocycles. The van der Waals surface area contributed by atoms with Crippen LogP contribution >= 0.6 is 0 Å². The van der Waals surface area contributed by atoms with Gasteiger partial charge in [0.1, 0.15) is 18.0 Å². The Labute approximate surface area is 151 Å². The minimum absolute atomic E-state index is 0.283. The van der Waals surface area contributed by atoms with Gasteiger partial charge < -0.3 is 10.6 Å². The van der Waals surface area contributed by atoms with Gasteiger partial charge in [-0.15, -0.1) is 0 Å². The van der Waals surface area contributed by atoms with Crippen LogP contribution < -0.4 is 10.6 Å². The first-order valence-corrected chi connectivity index (χ1v) is 8.30. The molecule has 6 heteroatoms. The normalized spacial score (nSPS) is 10.4. The van der Waals surface area contributed by atoms with Crippen LogP contribution in [0.15, 0.2) is 54.9 Å². The van der Waals surface area contributed by atoms with Crippen molar-refractivity contribution in [2.75, 3.05) is 10.6 Å². The van der Waals surface area contributed by atoms with Crippen LogP contribution in [0, 0.1) is 12.7 Å². The first-order chi connectivity index (χ1) is 12.5. The van der Waals surface area contributed by atoms with Crippen LogP contribution in [0.4, 0.5) is 21.6 Å². The first kappa shape index (κ1) is 17.5. The van der Waals surface area contributed by atoms with Crippen molar-refractivity contribution in [2.24, 2.45) is 0 Å². The number of carbonyl (C=O) groups excluding carboxylic acids is 1. The van der Waals surface area contributed by atoms with Crippen LogP contribution in [0.25, 0.3) is 0 Å². The van der Waals surface area contributed by atoms with Gasteiger partial charge in [-0.1, -0.05) is 13.0 Å². The third-order valence-electron chi connectivity index (χ3n) is 3.92. The van der Waals surface area contributed by atoms with Gasteiger partial charge in [0.15, 0.2) is 0 Å². The molecule has 0 aliphatic rings. The topological polar surface area (TPSA) is 66.9 Å². The van der Waals surface area contributed by atoms with Crippen LogP contribution in [-0.4, -0.2) is 15.9 Å². The molecule has 0 radical (unpaired) electrons. The van der Waals surface area contributed by atoms with E-state index in [0.29, 0.717) is 17.1 Å². The van der Waals surface area contributed by atoms with E-state index in [-0.39, 0.29) is 11.7 Å². The molecule has 0 atom stereocenters. The lowest BCUT2D eigenvalue weighted by Crippen LogP contribution is -2.13. The summed E-state index contributed by atoms with van der Waals surface area (Å²) in [5.41, 5.74) is 3.77. The smallest absolute Gasteiger partial charge is 0.255 e. The van der Waals surface area contributed by atoms with Gasteiger partial charge in [-0.05, 0) is 55.3 Å². The van der Waals surface area contributed by atoms with Crippen molar-refractivity contribution in [3.63, 3.8) is 0 Å². The zero-order valence-electron chi connectivity index (χ0n) is 14.6. The number of amides is 1. The molecular formula is C20H19FN4O. The van der Waals surface area contributed by atoms with E-state index in [0.717, 1.165) is 23.4 Å². The molecule has 0 unspecified atom stereocenters. The molecular weight excluding hydrogens is 331 g/mol. The van der Waals surface area contributed by atoms with Crippen LogP contribution in [-0.2, 0) is 6.42 Å². The Balaban J connectivity index is 1.83. The van der Waals surface area contributed by atoms with Gasteiger partial charge in [-0.25, -0.2) is 14.4 Å². The molecule has 1 aromatic heterocycles. The molecule has 26 heavy (non-hydrogen) atoms. The fourth-order valence-corrected chi connectivity index (χ4v) is 2.55. The highest BCUT2D eigenvalue weighted by Gasteiger charge is 2.10. The number of nitrogens with zero attached hydrogens (tertiary/aromatic N) is 2. The van der Waals surface area contributed by atoms with Gasteiger partial charge in [-0.2, -0.15) is 0 Å². The predicted octanol–water partition coefficient (Wildman–Crippen LogP) is 4.48. The fraction of sp³-hybridized carbons (Fsp3) is 0.150. The van der Waals surface area contributed by atoms with E-state index in [1.165, 1.54) is 30.6 Å². The van der Waals surface area contributed by atoms with Crippen molar-refractivity contribution in [3.05, 3.63) is 77.5 Å². The molecule has 132 valence electrons.